The van der Waals surface area contributed by atoms with Gasteiger partial charge in [0.15, 0.2) is 0 Å². The molecule has 1 aromatic carbocycles. The van der Waals surface area contributed by atoms with E-state index in [1.165, 1.54) is 24.3 Å². The zero-order chi connectivity index (χ0) is 28.8. The molecule has 2 aromatic rings. The Labute approximate surface area is 210 Å². The lowest BCUT2D eigenvalue weighted by Crippen LogP contribution is -2.70. The number of benzene rings is 1. The summed E-state index contributed by atoms with van der Waals surface area (Å²) in [6.07, 6.45) is -5.67. The normalized spacial score (nSPS) is 13.6. The van der Waals surface area contributed by atoms with E-state index in [0.29, 0.717) is 4.47 Å². The Bertz CT molecular complexity index is 1170. The fourth-order valence-corrected chi connectivity index (χ4v) is 3.88. The maximum Gasteiger partial charge on any atom is 0.393 e. The highest BCUT2D eigenvalue weighted by atomic mass is 79.9. The number of hydrogen-bond acceptors (Lipinski definition) is 4. The van der Waals surface area contributed by atoms with Gasteiger partial charge in [0, 0.05) is 15.4 Å². The van der Waals surface area contributed by atoms with Gasteiger partial charge in [0.25, 0.3) is 0 Å². The van der Waals surface area contributed by atoms with Crippen molar-refractivity contribution in [2.24, 2.45) is 0 Å². The topological polar surface area (TPSA) is 55.4 Å². The number of hydrogen-bond donors (Lipinski definition) is 1. The molecule has 0 bridgehead atoms. The van der Waals surface area contributed by atoms with Crippen molar-refractivity contribution in [2.75, 3.05) is 12.4 Å². The summed E-state index contributed by atoms with van der Waals surface area (Å²) in [6.45, 7) is 0. The highest BCUT2D eigenvalue weighted by Crippen LogP contribution is 2.58. The molecule has 1 N–H and O–H groups in total. The van der Waals surface area contributed by atoms with Crippen LogP contribution >= 0.6 is 27.3 Å². The van der Waals surface area contributed by atoms with E-state index in [9.17, 15) is 62.3 Å². The van der Waals surface area contributed by atoms with E-state index in [4.69, 9.17) is 0 Å². The quantitative estimate of drug-likeness (QED) is 0.231. The molecule has 1 amide bonds. The Morgan fingerprint density at radius 1 is 0.892 bits per heavy atom. The molecular formula is C19H10BrF12NO3S. The van der Waals surface area contributed by atoms with Crippen LogP contribution < -0.4 is 5.32 Å². The smallest absolute Gasteiger partial charge is 0.393 e. The Morgan fingerprint density at radius 2 is 1.41 bits per heavy atom. The Kier molecular flexibility index (Phi) is 8.30. The molecule has 37 heavy (non-hydrogen) atoms. The van der Waals surface area contributed by atoms with Gasteiger partial charge in [-0.2, -0.15) is 43.9 Å². The van der Waals surface area contributed by atoms with Crippen molar-refractivity contribution >= 4 is 44.1 Å². The first kappa shape index (κ1) is 30.7. The van der Waals surface area contributed by atoms with Gasteiger partial charge in [0.05, 0.1) is 7.11 Å². The number of esters is 1. The molecule has 0 radical (unpaired) electrons. The van der Waals surface area contributed by atoms with Crippen LogP contribution in [0.3, 0.4) is 0 Å². The van der Waals surface area contributed by atoms with Crippen molar-refractivity contribution in [3.05, 3.63) is 39.7 Å². The molecule has 1 heterocycles. The molecule has 0 aliphatic rings. The molecule has 0 saturated heterocycles. The number of amides is 1. The van der Waals surface area contributed by atoms with Gasteiger partial charge in [0.1, 0.15) is 10.6 Å². The van der Waals surface area contributed by atoms with Gasteiger partial charge in [0.2, 0.25) is 0 Å². The number of halogens is 13. The van der Waals surface area contributed by atoms with Crippen LogP contribution in [0.1, 0.15) is 10.4 Å². The van der Waals surface area contributed by atoms with Crippen LogP contribution in [0.5, 0.6) is 0 Å². The number of thiophene rings is 1. The first-order valence-electron chi connectivity index (χ1n) is 9.12. The van der Waals surface area contributed by atoms with Gasteiger partial charge in [-0.25, -0.2) is 13.6 Å². The van der Waals surface area contributed by atoms with E-state index in [1.54, 1.807) is 0 Å². The van der Waals surface area contributed by atoms with E-state index in [0.717, 1.165) is 17.8 Å². The Morgan fingerprint density at radius 3 is 1.86 bits per heavy atom. The Hall–Kier alpha value is -2.50. The van der Waals surface area contributed by atoms with E-state index in [-0.39, 0.29) is 22.5 Å². The third kappa shape index (κ3) is 4.88. The molecule has 0 aliphatic heterocycles. The molecule has 18 heteroatoms. The van der Waals surface area contributed by atoms with Crippen LogP contribution in [0.15, 0.2) is 34.1 Å². The fraction of sp³-hybridized carbons (Fsp3) is 0.368. The van der Waals surface area contributed by atoms with Crippen LogP contribution in [-0.4, -0.2) is 55.0 Å². The highest BCUT2D eigenvalue weighted by Gasteiger charge is 2.89. The maximum absolute atomic E-state index is 14.2. The molecule has 206 valence electrons. The van der Waals surface area contributed by atoms with Gasteiger partial charge in [-0.05, 0) is 17.7 Å². The molecule has 0 unspecified atom stereocenters. The number of ether oxygens (including phenoxy) is 1. The third-order valence-corrected chi connectivity index (χ3v) is 6.15. The van der Waals surface area contributed by atoms with Crippen LogP contribution in [0.4, 0.5) is 57.7 Å². The summed E-state index contributed by atoms with van der Waals surface area (Å²) in [4.78, 5) is 24.0. The zero-order valence-corrected chi connectivity index (χ0v) is 19.9. The van der Waals surface area contributed by atoms with Gasteiger partial charge in [-0.1, -0.05) is 28.1 Å². The van der Waals surface area contributed by atoms with Crippen molar-refractivity contribution in [1.82, 2.24) is 0 Å². The molecule has 0 spiro atoms. The molecular weight excluding hydrogens is 630 g/mol. The molecule has 0 atom stereocenters. The van der Waals surface area contributed by atoms with Gasteiger partial charge in [-0.3, -0.25) is 4.79 Å². The predicted molar refractivity (Wildman–Crippen MR) is 108 cm³/mol. The molecule has 1 aromatic heterocycles. The van der Waals surface area contributed by atoms with E-state index in [1.807, 2.05) is 0 Å². The van der Waals surface area contributed by atoms with Crippen molar-refractivity contribution in [3.8, 4) is 11.1 Å². The number of alkyl halides is 12. The number of rotatable bonds is 9. The lowest BCUT2D eigenvalue weighted by atomic mass is 9.94. The van der Waals surface area contributed by atoms with Crippen molar-refractivity contribution in [2.45, 2.75) is 36.0 Å². The maximum atomic E-state index is 14.2. The number of carbonyl (C=O) groups is 2. The second-order valence-corrected chi connectivity index (χ2v) is 8.82. The molecule has 0 aliphatic carbocycles. The number of methoxy groups -OCH3 is 1. The van der Waals surface area contributed by atoms with E-state index < -0.39 is 58.5 Å². The Balaban J connectivity index is 2.53. The van der Waals surface area contributed by atoms with E-state index >= 15 is 0 Å². The van der Waals surface area contributed by atoms with Gasteiger partial charge >= 0.3 is 47.9 Å². The summed E-state index contributed by atoms with van der Waals surface area (Å²) in [5.41, 5.74) is -0.704. The van der Waals surface area contributed by atoms with E-state index in [2.05, 4.69) is 20.7 Å². The van der Waals surface area contributed by atoms with Crippen LogP contribution in [0.2, 0.25) is 0 Å². The monoisotopic (exact) mass is 639 g/mol. The largest absolute Gasteiger partial charge is 0.465 e. The standard InChI is InChI=1S/C19H10BrF12NO3S/c1-36-12(34)10-9(7-2-4-8(20)5-3-7)6-37-11(10)33-14(35)16(25,26)18(29,30)19(31,32)17(27,28)15(23,24)13(21)22/h2-6,13H,1H3,(H,33,35). The second kappa shape index (κ2) is 9.99. The number of carbonyl (C=O) groups excluding carboxylic acids is 2. The van der Waals surface area contributed by atoms with Crippen molar-refractivity contribution in [3.63, 3.8) is 0 Å². The number of nitrogens with one attached hydrogen (secondary N) is 1. The number of anilines is 1. The summed E-state index contributed by atoms with van der Waals surface area (Å²) in [7, 11) is 0.783. The summed E-state index contributed by atoms with van der Waals surface area (Å²) >= 11 is 3.32. The van der Waals surface area contributed by atoms with Gasteiger partial charge in [-0.15, -0.1) is 11.3 Å². The van der Waals surface area contributed by atoms with Crippen LogP contribution in [0, 0.1) is 0 Å². The summed E-state index contributed by atoms with van der Waals surface area (Å²) in [5.74, 6) is -42.1. The van der Waals surface area contributed by atoms with Crippen LogP contribution in [0.25, 0.3) is 11.1 Å². The lowest BCUT2D eigenvalue weighted by Gasteiger charge is -2.38. The first-order chi connectivity index (χ1) is 16.7. The molecule has 0 fully saturated rings. The fourth-order valence-electron chi connectivity index (χ4n) is 2.66. The average Bonchev–Trinajstić information content (AvgIpc) is 3.21. The minimum Gasteiger partial charge on any atom is -0.465 e. The first-order valence-corrected chi connectivity index (χ1v) is 10.8. The molecule has 2 rings (SSSR count). The summed E-state index contributed by atoms with van der Waals surface area (Å²) in [6, 6.07) is 5.61. The third-order valence-electron chi connectivity index (χ3n) is 4.72. The SMILES string of the molecule is COC(=O)c1c(-c2ccc(Br)cc2)csc1NC(=O)C(F)(F)C(F)(F)C(F)(F)C(F)(F)C(F)(F)C(F)F. The van der Waals surface area contributed by atoms with Crippen molar-refractivity contribution in [1.29, 1.82) is 0 Å². The van der Waals surface area contributed by atoms with Crippen LogP contribution in [-0.2, 0) is 9.53 Å². The van der Waals surface area contributed by atoms with Crippen molar-refractivity contribution < 1.29 is 67.0 Å². The van der Waals surface area contributed by atoms with Gasteiger partial charge < -0.3 is 10.1 Å². The minimum atomic E-state index is -7.87. The predicted octanol–water partition coefficient (Wildman–Crippen LogP) is 7.34. The second-order valence-electron chi connectivity index (χ2n) is 7.03. The molecule has 4 nitrogen and oxygen atoms in total. The molecule has 0 saturated carbocycles. The zero-order valence-electron chi connectivity index (χ0n) is 17.5. The summed E-state index contributed by atoms with van der Waals surface area (Å²) in [5, 5.41) is 1.00. The highest BCUT2D eigenvalue weighted by molar-refractivity contribution is 9.10. The average molecular weight is 640 g/mol. The summed E-state index contributed by atoms with van der Waals surface area (Å²) < 4.78 is 166. The minimum absolute atomic E-state index is 0.136. The lowest BCUT2D eigenvalue weighted by molar-refractivity contribution is -0.406.